The molecule has 29 heavy (non-hydrogen) atoms. The Labute approximate surface area is 170 Å². The van der Waals surface area contributed by atoms with Gasteiger partial charge in [0.1, 0.15) is 5.82 Å². The average Bonchev–Trinajstić information content (AvgIpc) is 3.06. The van der Waals surface area contributed by atoms with Crippen LogP contribution < -0.4 is 11.2 Å². The van der Waals surface area contributed by atoms with E-state index in [4.69, 9.17) is 4.98 Å². The predicted molar refractivity (Wildman–Crippen MR) is 114 cm³/mol. The zero-order chi connectivity index (χ0) is 20.7. The number of benzene rings is 1. The molecule has 0 aliphatic carbocycles. The van der Waals surface area contributed by atoms with Gasteiger partial charge in [-0.05, 0) is 44.4 Å². The van der Waals surface area contributed by atoms with Gasteiger partial charge in [0.15, 0.2) is 11.2 Å². The normalized spacial score (nSPS) is 17.9. The molecule has 1 fully saturated rings. The van der Waals surface area contributed by atoms with E-state index in [0.29, 0.717) is 30.3 Å². The number of likely N-dealkylation sites (tertiary alicyclic amines) is 1. The molecule has 0 saturated carbocycles. The van der Waals surface area contributed by atoms with Crippen molar-refractivity contribution in [2.45, 2.75) is 52.2 Å². The molecule has 0 unspecified atom stereocenters. The van der Waals surface area contributed by atoms with Crippen LogP contribution in [-0.4, -0.2) is 36.2 Å². The van der Waals surface area contributed by atoms with Crippen molar-refractivity contribution in [1.29, 1.82) is 0 Å². The summed E-state index contributed by atoms with van der Waals surface area (Å²) in [6.45, 7) is 6.61. The molecule has 1 aliphatic heterocycles. The molecule has 0 spiro atoms. The Balaban J connectivity index is 1.90. The van der Waals surface area contributed by atoms with Crippen LogP contribution in [0.25, 0.3) is 11.2 Å². The summed E-state index contributed by atoms with van der Waals surface area (Å²) in [6.07, 6.45) is 3.62. The van der Waals surface area contributed by atoms with Crippen molar-refractivity contribution in [3.8, 4) is 0 Å². The molecular formula is C22H29N5O2. The van der Waals surface area contributed by atoms with Crippen molar-refractivity contribution in [3.05, 3.63) is 62.1 Å². The molecule has 154 valence electrons. The molecule has 3 heterocycles. The van der Waals surface area contributed by atoms with Crippen LogP contribution in [-0.2, 0) is 27.2 Å². The van der Waals surface area contributed by atoms with Gasteiger partial charge in [0.2, 0.25) is 0 Å². The second-order valence-corrected chi connectivity index (χ2v) is 8.23. The van der Waals surface area contributed by atoms with Crippen LogP contribution in [0.2, 0.25) is 0 Å². The maximum Gasteiger partial charge on any atom is 0.332 e. The minimum atomic E-state index is -0.346. The van der Waals surface area contributed by atoms with Crippen LogP contribution in [0.5, 0.6) is 0 Å². The van der Waals surface area contributed by atoms with E-state index >= 15 is 0 Å². The van der Waals surface area contributed by atoms with E-state index in [-0.39, 0.29) is 11.2 Å². The van der Waals surface area contributed by atoms with E-state index in [0.717, 1.165) is 17.9 Å². The van der Waals surface area contributed by atoms with Gasteiger partial charge < -0.3 is 4.57 Å². The summed E-state index contributed by atoms with van der Waals surface area (Å²) in [5.41, 5.74) is 2.65. The highest BCUT2D eigenvalue weighted by molar-refractivity contribution is 5.71. The van der Waals surface area contributed by atoms with Crippen molar-refractivity contribution in [1.82, 2.24) is 23.6 Å². The van der Waals surface area contributed by atoms with E-state index in [2.05, 4.69) is 30.9 Å². The number of aryl methyl sites for hydroxylation is 2. The molecule has 0 bridgehead atoms. The predicted octanol–water partition coefficient (Wildman–Crippen LogP) is 2.16. The number of piperidine rings is 1. The van der Waals surface area contributed by atoms with Gasteiger partial charge in [-0.3, -0.25) is 18.8 Å². The number of nitrogens with zero attached hydrogens (tertiary/aromatic N) is 5. The summed E-state index contributed by atoms with van der Waals surface area (Å²) in [5, 5.41) is 0. The number of hydrogen-bond donors (Lipinski definition) is 0. The number of hydrogen-bond acceptors (Lipinski definition) is 4. The molecule has 1 aromatic carbocycles. The van der Waals surface area contributed by atoms with E-state index in [1.165, 1.54) is 41.0 Å². The summed E-state index contributed by atoms with van der Waals surface area (Å²) in [6, 6.07) is 8.68. The highest BCUT2D eigenvalue weighted by atomic mass is 16.2. The topological polar surface area (TPSA) is 65.1 Å². The Kier molecular flexibility index (Phi) is 5.17. The third kappa shape index (κ3) is 3.44. The number of rotatable bonds is 4. The Morgan fingerprint density at radius 1 is 1.07 bits per heavy atom. The first kappa shape index (κ1) is 19.6. The maximum atomic E-state index is 13.0. The second kappa shape index (κ2) is 7.63. The quantitative estimate of drug-likeness (QED) is 0.679. The molecule has 7 nitrogen and oxygen atoms in total. The number of imidazole rings is 1. The molecular weight excluding hydrogens is 366 g/mol. The maximum absolute atomic E-state index is 13.0. The van der Waals surface area contributed by atoms with Gasteiger partial charge in [0.05, 0.1) is 6.54 Å². The van der Waals surface area contributed by atoms with Gasteiger partial charge >= 0.3 is 5.69 Å². The lowest BCUT2D eigenvalue weighted by atomic mass is 10.0. The lowest BCUT2D eigenvalue weighted by Gasteiger charge is -2.33. The first-order valence-electron chi connectivity index (χ1n) is 10.3. The molecule has 0 radical (unpaired) electrons. The van der Waals surface area contributed by atoms with Gasteiger partial charge in [0, 0.05) is 26.7 Å². The van der Waals surface area contributed by atoms with Crippen molar-refractivity contribution in [2.75, 3.05) is 6.54 Å². The molecule has 0 N–H and O–H groups in total. The number of aromatic nitrogens is 4. The fourth-order valence-corrected chi connectivity index (χ4v) is 4.31. The first-order valence-corrected chi connectivity index (χ1v) is 10.3. The first-order chi connectivity index (χ1) is 13.9. The van der Waals surface area contributed by atoms with Crippen LogP contribution in [0.15, 0.2) is 33.9 Å². The zero-order valence-electron chi connectivity index (χ0n) is 17.7. The van der Waals surface area contributed by atoms with Crippen molar-refractivity contribution in [2.24, 2.45) is 14.1 Å². The lowest BCUT2D eigenvalue weighted by molar-refractivity contribution is 0.147. The summed E-state index contributed by atoms with van der Waals surface area (Å²) in [5.74, 6) is 0.843. The molecule has 1 atom stereocenters. The zero-order valence-corrected chi connectivity index (χ0v) is 17.7. The minimum Gasteiger partial charge on any atom is -0.317 e. The van der Waals surface area contributed by atoms with E-state index in [9.17, 15) is 9.59 Å². The lowest BCUT2D eigenvalue weighted by Crippen LogP contribution is -2.38. The van der Waals surface area contributed by atoms with Gasteiger partial charge in [-0.1, -0.05) is 30.7 Å². The van der Waals surface area contributed by atoms with Gasteiger partial charge in [-0.2, -0.15) is 0 Å². The standard InChI is InChI=1S/C22H29N5O2/c1-15-9-5-6-11-17(15)13-27-18(14-26-12-8-7-10-16(26)2)23-20-19(27)21(28)25(4)22(29)24(20)3/h5-6,9,11,16H,7-8,10,12-14H2,1-4H3/t16-/m1/s1. The number of fused-ring (bicyclic) bond motifs is 1. The molecule has 4 rings (SSSR count). The SMILES string of the molecule is Cc1ccccc1Cn1c(CN2CCCC[C@H]2C)nc2c1c(=O)n(C)c(=O)n2C. The molecule has 1 aliphatic rings. The summed E-state index contributed by atoms with van der Waals surface area (Å²) < 4.78 is 4.67. The smallest absolute Gasteiger partial charge is 0.317 e. The Morgan fingerprint density at radius 3 is 2.55 bits per heavy atom. The van der Waals surface area contributed by atoms with E-state index in [1.54, 1.807) is 7.05 Å². The van der Waals surface area contributed by atoms with Crippen molar-refractivity contribution >= 4 is 11.2 Å². The van der Waals surface area contributed by atoms with Crippen molar-refractivity contribution in [3.63, 3.8) is 0 Å². The average molecular weight is 396 g/mol. The molecule has 3 aromatic rings. The Morgan fingerprint density at radius 2 is 1.83 bits per heavy atom. The third-order valence-electron chi connectivity index (χ3n) is 6.30. The summed E-state index contributed by atoms with van der Waals surface area (Å²) in [4.78, 5) is 32.7. The summed E-state index contributed by atoms with van der Waals surface area (Å²) in [7, 11) is 3.21. The van der Waals surface area contributed by atoms with Gasteiger partial charge in [0.25, 0.3) is 5.56 Å². The highest BCUT2D eigenvalue weighted by Crippen LogP contribution is 2.22. The molecule has 0 amide bonds. The fourth-order valence-electron chi connectivity index (χ4n) is 4.31. The minimum absolute atomic E-state index is 0.290. The van der Waals surface area contributed by atoms with Crippen LogP contribution in [0.1, 0.15) is 43.1 Å². The third-order valence-corrected chi connectivity index (χ3v) is 6.30. The largest absolute Gasteiger partial charge is 0.332 e. The monoisotopic (exact) mass is 395 g/mol. The van der Waals surface area contributed by atoms with E-state index < -0.39 is 0 Å². The van der Waals surface area contributed by atoms with Crippen LogP contribution in [0, 0.1) is 6.92 Å². The highest BCUT2D eigenvalue weighted by Gasteiger charge is 2.24. The van der Waals surface area contributed by atoms with Crippen LogP contribution in [0.3, 0.4) is 0 Å². The Bertz CT molecular complexity index is 1170. The fraction of sp³-hybridized carbons (Fsp3) is 0.500. The van der Waals surface area contributed by atoms with E-state index in [1.807, 2.05) is 16.7 Å². The molecule has 7 heteroatoms. The van der Waals surface area contributed by atoms with Crippen LogP contribution >= 0.6 is 0 Å². The Hall–Kier alpha value is -2.67. The second-order valence-electron chi connectivity index (χ2n) is 8.23. The van der Waals surface area contributed by atoms with Gasteiger partial charge in [-0.15, -0.1) is 0 Å². The molecule has 1 saturated heterocycles. The van der Waals surface area contributed by atoms with Crippen molar-refractivity contribution < 1.29 is 0 Å². The van der Waals surface area contributed by atoms with Crippen LogP contribution in [0.4, 0.5) is 0 Å². The molecule has 2 aromatic heterocycles. The summed E-state index contributed by atoms with van der Waals surface area (Å²) >= 11 is 0. The van der Waals surface area contributed by atoms with Gasteiger partial charge in [-0.25, -0.2) is 9.78 Å².